The molecule has 1 aromatic carbocycles. The van der Waals surface area contributed by atoms with Crippen molar-refractivity contribution in [2.45, 2.75) is 39.3 Å². The molecule has 0 fully saturated rings. The predicted molar refractivity (Wildman–Crippen MR) is 82.7 cm³/mol. The SMILES string of the molecule is Cc1ccc2c(c1)CCCN(C[C@H](C)NC(=O)/C=N/O)C2. The minimum absolute atomic E-state index is 0.0162. The van der Waals surface area contributed by atoms with Crippen molar-refractivity contribution >= 4 is 12.1 Å². The maximum absolute atomic E-state index is 11.4. The van der Waals surface area contributed by atoms with Crippen LogP contribution in [0.5, 0.6) is 0 Å². The van der Waals surface area contributed by atoms with Crippen molar-refractivity contribution in [2.24, 2.45) is 5.16 Å². The van der Waals surface area contributed by atoms with Gasteiger partial charge < -0.3 is 10.5 Å². The van der Waals surface area contributed by atoms with Gasteiger partial charge in [0.1, 0.15) is 6.21 Å². The summed E-state index contributed by atoms with van der Waals surface area (Å²) in [6.07, 6.45) is 3.14. The average Bonchev–Trinajstić information content (AvgIpc) is 2.60. The van der Waals surface area contributed by atoms with E-state index in [-0.39, 0.29) is 11.9 Å². The Kier molecular flexibility index (Phi) is 5.33. The first-order valence-electron chi connectivity index (χ1n) is 7.37. The van der Waals surface area contributed by atoms with Gasteiger partial charge in [-0.05, 0) is 44.4 Å². The molecule has 0 radical (unpaired) electrons. The lowest BCUT2D eigenvalue weighted by atomic mass is 10.0. The molecule has 2 N–H and O–H groups in total. The summed E-state index contributed by atoms with van der Waals surface area (Å²) in [5, 5.41) is 13.9. The van der Waals surface area contributed by atoms with Crippen LogP contribution >= 0.6 is 0 Å². The molecule has 0 spiro atoms. The van der Waals surface area contributed by atoms with Crippen molar-refractivity contribution in [2.75, 3.05) is 13.1 Å². The predicted octanol–water partition coefficient (Wildman–Crippen LogP) is 1.71. The molecule has 1 atom stereocenters. The van der Waals surface area contributed by atoms with E-state index in [1.165, 1.54) is 16.7 Å². The maximum Gasteiger partial charge on any atom is 0.266 e. The maximum atomic E-state index is 11.4. The fourth-order valence-corrected chi connectivity index (χ4v) is 2.88. The van der Waals surface area contributed by atoms with Gasteiger partial charge in [0.05, 0.1) is 0 Å². The summed E-state index contributed by atoms with van der Waals surface area (Å²) in [5.74, 6) is -0.365. The highest BCUT2D eigenvalue weighted by Gasteiger charge is 2.17. The molecule has 1 amide bonds. The third kappa shape index (κ3) is 4.56. The van der Waals surface area contributed by atoms with Crippen molar-refractivity contribution in [3.63, 3.8) is 0 Å². The number of fused-ring (bicyclic) bond motifs is 1. The minimum atomic E-state index is -0.365. The standard InChI is InChI=1S/C16H23N3O2/c1-12-5-6-15-11-19(7-3-4-14(15)8-12)10-13(2)18-16(20)9-17-21/h5-6,8-9,13,21H,3-4,7,10-11H2,1-2H3,(H,18,20)/b17-9+/t13-/m0/s1. The highest BCUT2D eigenvalue weighted by Crippen LogP contribution is 2.20. The van der Waals surface area contributed by atoms with Crippen LogP contribution in [0.4, 0.5) is 0 Å². The molecule has 0 aromatic heterocycles. The molecular formula is C16H23N3O2. The van der Waals surface area contributed by atoms with E-state index in [1.54, 1.807) is 0 Å². The largest absolute Gasteiger partial charge is 0.411 e. The van der Waals surface area contributed by atoms with Gasteiger partial charge in [-0.2, -0.15) is 0 Å². The quantitative estimate of drug-likeness (QED) is 0.504. The Morgan fingerprint density at radius 1 is 1.52 bits per heavy atom. The molecule has 5 heteroatoms. The van der Waals surface area contributed by atoms with E-state index in [4.69, 9.17) is 5.21 Å². The second-order valence-electron chi connectivity index (χ2n) is 5.77. The zero-order valence-electron chi connectivity index (χ0n) is 12.7. The van der Waals surface area contributed by atoms with Crippen LogP contribution in [0.2, 0.25) is 0 Å². The second-order valence-corrected chi connectivity index (χ2v) is 5.77. The van der Waals surface area contributed by atoms with Gasteiger partial charge in [0, 0.05) is 19.1 Å². The van der Waals surface area contributed by atoms with E-state index in [0.29, 0.717) is 0 Å². The number of carbonyl (C=O) groups is 1. The van der Waals surface area contributed by atoms with E-state index < -0.39 is 0 Å². The molecule has 0 bridgehead atoms. The molecule has 21 heavy (non-hydrogen) atoms. The Hall–Kier alpha value is -1.88. The highest BCUT2D eigenvalue weighted by molar-refractivity contribution is 6.26. The Balaban J connectivity index is 1.95. The Labute approximate surface area is 125 Å². The number of hydrogen-bond donors (Lipinski definition) is 2. The minimum Gasteiger partial charge on any atom is -0.411 e. The van der Waals surface area contributed by atoms with Crippen LogP contribution in [0.1, 0.15) is 30.0 Å². The Bertz CT molecular complexity index is 528. The van der Waals surface area contributed by atoms with Crippen molar-refractivity contribution in [3.05, 3.63) is 34.9 Å². The summed E-state index contributed by atoms with van der Waals surface area (Å²) in [6, 6.07) is 6.67. The summed E-state index contributed by atoms with van der Waals surface area (Å²) in [4.78, 5) is 13.7. The molecule has 0 aliphatic carbocycles. The molecular weight excluding hydrogens is 266 g/mol. The smallest absolute Gasteiger partial charge is 0.266 e. The summed E-state index contributed by atoms with van der Waals surface area (Å²) >= 11 is 0. The monoisotopic (exact) mass is 289 g/mol. The van der Waals surface area contributed by atoms with Crippen LogP contribution < -0.4 is 5.32 Å². The number of benzene rings is 1. The first-order valence-corrected chi connectivity index (χ1v) is 7.37. The highest BCUT2D eigenvalue weighted by atomic mass is 16.4. The molecule has 0 saturated carbocycles. The lowest BCUT2D eigenvalue weighted by molar-refractivity contribution is -0.115. The van der Waals surface area contributed by atoms with Gasteiger partial charge in [0.2, 0.25) is 0 Å². The lowest BCUT2D eigenvalue weighted by Gasteiger charge is -2.24. The fraction of sp³-hybridized carbons (Fsp3) is 0.500. The summed E-state index contributed by atoms with van der Waals surface area (Å²) in [7, 11) is 0. The van der Waals surface area contributed by atoms with Crippen LogP contribution in [-0.4, -0.2) is 41.4 Å². The zero-order chi connectivity index (χ0) is 15.2. The van der Waals surface area contributed by atoms with Crippen LogP contribution in [0.15, 0.2) is 23.4 Å². The fourth-order valence-electron chi connectivity index (χ4n) is 2.88. The number of oxime groups is 1. The molecule has 2 rings (SSSR count). The summed E-state index contributed by atoms with van der Waals surface area (Å²) < 4.78 is 0. The molecule has 1 aliphatic rings. The van der Waals surface area contributed by atoms with Crippen LogP contribution in [-0.2, 0) is 17.8 Å². The van der Waals surface area contributed by atoms with Crippen LogP contribution in [0.3, 0.4) is 0 Å². The molecule has 0 saturated heterocycles. The molecule has 0 unspecified atom stereocenters. The Morgan fingerprint density at radius 2 is 2.33 bits per heavy atom. The first kappa shape index (κ1) is 15.5. The summed E-state index contributed by atoms with van der Waals surface area (Å²) in [5.41, 5.74) is 4.14. The van der Waals surface area contributed by atoms with E-state index >= 15 is 0 Å². The van der Waals surface area contributed by atoms with Crippen molar-refractivity contribution < 1.29 is 10.0 Å². The van der Waals surface area contributed by atoms with Gasteiger partial charge in [-0.25, -0.2) is 0 Å². The number of carbonyl (C=O) groups excluding carboxylic acids is 1. The molecule has 1 aliphatic heterocycles. The number of hydrogen-bond acceptors (Lipinski definition) is 4. The van der Waals surface area contributed by atoms with Gasteiger partial charge in [-0.1, -0.05) is 28.9 Å². The van der Waals surface area contributed by atoms with Gasteiger partial charge in [0.15, 0.2) is 0 Å². The number of amides is 1. The average molecular weight is 289 g/mol. The van der Waals surface area contributed by atoms with Crippen LogP contribution in [0.25, 0.3) is 0 Å². The van der Waals surface area contributed by atoms with E-state index in [9.17, 15) is 4.79 Å². The number of rotatable bonds is 4. The Morgan fingerprint density at radius 3 is 3.10 bits per heavy atom. The number of nitrogens with zero attached hydrogens (tertiary/aromatic N) is 2. The van der Waals surface area contributed by atoms with Gasteiger partial charge >= 0.3 is 0 Å². The molecule has 5 nitrogen and oxygen atoms in total. The van der Waals surface area contributed by atoms with Gasteiger partial charge in [-0.3, -0.25) is 9.69 Å². The van der Waals surface area contributed by atoms with Gasteiger partial charge in [0.25, 0.3) is 5.91 Å². The van der Waals surface area contributed by atoms with Crippen molar-refractivity contribution in [1.82, 2.24) is 10.2 Å². The first-order chi connectivity index (χ1) is 10.1. The third-order valence-corrected chi connectivity index (χ3v) is 3.77. The normalized spacial score (nSPS) is 17.2. The topological polar surface area (TPSA) is 64.9 Å². The van der Waals surface area contributed by atoms with E-state index in [0.717, 1.165) is 38.7 Å². The van der Waals surface area contributed by atoms with Crippen molar-refractivity contribution in [1.29, 1.82) is 0 Å². The third-order valence-electron chi connectivity index (χ3n) is 3.77. The molecule has 1 heterocycles. The van der Waals surface area contributed by atoms with E-state index in [1.807, 2.05) is 6.92 Å². The number of nitrogens with one attached hydrogen (secondary N) is 1. The summed E-state index contributed by atoms with van der Waals surface area (Å²) in [6.45, 7) is 6.83. The lowest BCUT2D eigenvalue weighted by Crippen LogP contribution is -2.42. The van der Waals surface area contributed by atoms with Gasteiger partial charge in [-0.15, -0.1) is 0 Å². The molecule has 1 aromatic rings. The zero-order valence-corrected chi connectivity index (χ0v) is 12.7. The second kappa shape index (κ2) is 7.22. The van der Waals surface area contributed by atoms with Crippen molar-refractivity contribution in [3.8, 4) is 0 Å². The number of aryl methyl sites for hydroxylation is 2. The van der Waals surface area contributed by atoms with Crippen LogP contribution in [0, 0.1) is 6.92 Å². The molecule has 114 valence electrons. The van der Waals surface area contributed by atoms with E-state index in [2.05, 4.69) is 40.5 Å².